The smallest absolute Gasteiger partial charge is 0.410 e. The molecule has 92 valence electrons. The molecule has 0 aromatic heterocycles. The first kappa shape index (κ1) is 11.7. The van der Waals surface area contributed by atoms with E-state index in [1.165, 1.54) is 19.5 Å². The van der Waals surface area contributed by atoms with Crippen molar-refractivity contribution in [2.45, 2.75) is 45.3 Å². The van der Waals surface area contributed by atoms with Crippen molar-refractivity contribution < 1.29 is 9.53 Å². The molecule has 0 aromatic carbocycles. The van der Waals surface area contributed by atoms with Gasteiger partial charge in [-0.05, 0) is 46.7 Å². The van der Waals surface area contributed by atoms with Crippen LogP contribution in [0.1, 0.15) is 33.6 Å². The Hall–Kier alpha value is -0.770. The van der Waals surface area contributed by atoms with Gasteiger partial charge in [-0.15, -0.1) is 0 Å². The molecule has 2 fully saturated rings. The quantitative estimate of drug-likeness (QED) is 0.682. The number of hydrogen-bond acceptors (Lipinski definition) is 3. The Balaban J connectivity index is 1.81. The van der Waals surface area contributed by atoms with Crippen molar-refractivity contribution in [1.29, 1.82) is 0 Å². The average molecular weight is 226 g/mol. The summed E-state index contributed by atoms with van der Waals surface area (Å²) in [7, 11) is 0. The van der Waals surface area contributed by atoms with E-state index in [1.807, 2.05) is 25.7 Å². The van der Waals surface area contributed by atoms with Gasteiger partial charge in [-0.25, -0.2) is 4.79 Å². The van der Waals surface area contributed by atoms with Gasteiger partial charge in [-0.1, -0.05) is 0 Å². The third-order valence-corrected chi connectivity index (χ3v) is 3.22. The molecule has 0 spiro atoms. The normalized spacial score (nSPS) is 26.7. The second-order valence-electron chi connectivity index (χ2n) is 5.76. The van der Waals surface area contributed by atoms with Crippen LogP contribution in [-0.2, 0) is 4.74 Å². The van der Waals surface area contributed by atoms with Crippen molar-refractivity contribution in [2.24, 2.45) is 0 Å². The molecule has 2 aliphatic rings. The Bertz CT molecular complexity index is 269. The van der Waals surface area contributed by atoms with Crippen LogP contribution in [0, 0.1) is 0 Å². The van der Waals surface area contributed by atoms with Crippen molar-refractivity contribution in [3.63, 3.8) is 0 Å². The molecule has 2 heterocycles. The van der Waals surface area contributed by atoms with Crippen molar-refractivity contribution in [2.75, 3.05) is 26.2 Å². The molecule has 2 saturated heterocycles. The van der Waals surface area contributed by atoms with Gasteiger partial charge >= 0.3 is 6.09 Å². The van der Waals surface area contributed by atoms with E-state index in [0.717, 1.165) is 19.5 Å². The van der Waals surface area contributed by atoms with Crippen LogP contribution in [0.4, 0.5) is 4.79 Å². The fraction of sp³-hybridized carbons (Fsp3) is 0.917. The van der Waals surface area contributed by atoms with Crippen molar-refractivity contribution in [3.05, 3.63) is 0 Å². The summed E-state index contributed by atoms with van der Waals surface area (Å²) < 4.78 is 5.37. The fourth-order valence-electron chi connectivity index (χ4n) is 2.24. The van der Waals surface area contributed by atoms with Gasteiger partial charge < -0.3 is 9.64 Å². The van der Waals surface area contributed by atoms with Crippen LogP contribution in [-0.4, -0.2) is 53.7 Å². The van der Waals surface area contributed by atoms with Crippen molar-refractivity contribution >= 4 is 6.09 Å². The molecule has 4 heteroatoms. The predicted molar refractivity (Wildman–Crippen MR) is 62.4 cm³/mol. The summed E-state index contributed by atoms with van der Waals surface area (Å²) in [5.74, 6) is 0. The van der Waals surface area contributed by atoms with E-state index >= 15 is 0 Å². The van der Waals surface area contributed by atoms with Gasteiger partial charge in [0.2, 0.25) is 0 Å². The highest BCUT2D eigenvalue weighted by Gasteiger charge is 2.34. The van der Waals surface area contributed by atoms with Crippen LogP contribution in [0.3, 0.4) is 0 Å². The van der Waals surface area contributed by atoms with Gasteiger partial charge in [0, 0.05) is 19.1 Å². The van der Waals surface area contributed by atoms with Crippen LogP contribution >= 0.6 is 0 Å². The summed E-state index contributed by atoms with van der Waals surface area (Å²) in [6.45, 7) is 9.82. The summed E-state index contributed by atoms with van der Waals surface area (Å²) in [5.41, 5.74) is -0.383. The topological polar surface area (TPSA) is 32.8 Å². The molecule has 0 aromatic rings. The van der Waals surface area contributed by atoms with E-state index in [1.54, 1.807) is 0 Å². The number of likely N-dealkylation sites (tertiary alicyclic amines) is 2. The molecular weight excluding hydrogens is 204 g/mol. The molecule has 0 radical (unpaired) electrons. The van der Waals surface area contributed by atoms with Gasteiger partial charge in [0.15, 0.2) is 0 Å². The number of nitrogens with zero attached hydrogens (tertiary/aromatic N) is 2. The lowest BCUT2D eigenvalue weighted by atomic mass is 10.1. The summed E-state index contributed by atoms with van der Waals surface area (Å²) in [6, 6.07) is 0.571. The molecule has 16 heavy (non-hydrogen) atoms. The predicted octanol–water partition coefficient (Wildman–Crippen LogP) is 1.70. The second kappa shape index (κ2) is 4.24. The van der Waals surface area contributed by atoms with Crippen molar-refractivity contribution in [1.82, 2.24) is 9.80 Å². The molecule has 4 nitrogen and oxygen atoms in total. The maximum absolute atomic E-state index is 11.8. The van der Waals surface area contributed by atoms with E-state index in [2.05, 4.69) is 4.90 Å². The zero-order valence-electron chi connectivity index (χ0n) is 10.5. The van der Waals surface area contributed by atoms with E-state index < -0.39 is 0 Å². The summed E-state index contributed by atoms with van der Waals surface area (Å²) in [5, 5.41) is 0. The summed E-state index contributed by atoms with van der Waals surface area (Å²) in [4.78, 5) is 16.1. The van der Waals surface area contributed by atoms with Gasteiger partial charge in [0.1, 0.15) is 5.60 Å². The largest absolute Gasteiger partial charge is 0.444 e. The van der Waals surface area contributed by atoms with Crippen LogP contribution in [0.15, 0.2) is 0 Å². The van der Waals surface area contributed by atoms with E-state index in [4.69, 9.17) is 4.74 Å². The van der Waals surface area contributed by atoms with Gasteiger partial charge in [0.25, 0.3) is 0 Å². The molecule has 0 saturated carbocycles. The van der Waals surface area contributed by atoms with Crippen molar-refractivity contribution in [3.8, 4) is 0 Å². The first-order valence-corrected chi connectivity index (χ1v) is 6.18. The Morgan fingerprint density at radius 1 is 1.25 bits per heavy atom. The standard InChI is InChI=1S/C12H22N2O2/c1-12(2,3)16-11(15)14-8-5-10(9-14)13-6-4-7-13/h10H,4-9H2,1-3H3/t10-/m1/s1. The number of carbonyl (C=O) groups excluding carboxylic acids is 1. The van der Waals surface area contributed by atoms with E-state index in [9.17, 15) is 4.79 Å². The molecule has 2 rings (SSSR count). The van der Waals surface area contributed by atoms with Crippen LogP contribution in [0.25, 0.3) is 0 Å². The van der Waals surface area contributed by atoms with Crippen LogP contribution in [0.2, 0.25) is 0 Å². The SMILES string of the molecule is CC(C)(C)OC(=O)N1CC[C@@H](N2CCC2)C1. The zero-order valence-corrected chi connectivity index (χ0v) is 10.5. The molecule has 0 N–H and O–H groups in total. The highest BCUT2D eigenvalue weighted by atomic mass is 16.6. The van der Waals surface area contributed by atoms with Gasteiger partial charge in [-0.2, -0.15) is 0 Å². The Morgan fingerprint density at radius 3 is 2.44 bits per heavy atom. The lowest BCUT2D eigenvalue weighted by Gasteiger charge is -2.36. The maximum atomic E-state index is 11.8. The number of carbonyl (C=O) groups is 1. The minimum Gasteiger partial charge on any atom is -0.444 e. The first-order chi connectivity index (χ1) is 7.46. The highest BCUT2D eigenvalue weighted by molar-refractivity contribution is 5.68. The zero-order chi connectivity index (χ0) is 11.8. The molecule has 0 unspecified atom stereocenters. The first-order valence-electron chi connectivity index (χ1n) is 6.18. The fourth-order valence-corrected chi connectivity index (χ4v) is 2.24. The third kappa shape index (κ3) is 2.67. The van der Waals surface area contributed by atoms with E-state index in [-0.39, 0.29) is 11.7 Å². The molecular formula is C12H22N2O2. The minimum atomic E-state index is -0.383. The number of hydrogen-bond donors (Lipinski definition) is 0. The summed E-state index contributed by atoms with van der Waals surface area (Å²) in [6.07, 6.45) is 2.25. The van der Waals surface area contributed by atoms with Gasteiger partial charge in [-0.3, -0.25) is 4.90 Å². The third-order valence-electron chi connectivity index (χ3n) is 3.22. The average Bonchev–Trinajstić information content (AvgIpc) is 2.46. The Morgan fingerprint density at radius 2 is 1.94 bits per heavy atom. The molecule has 1 atom stereocenters. The number of amides is 1. The highest BCUT2D eigenvalue weighted by Crippen LogP contribution is 2.22. The maximum Gasteiger partial charge on any atom is 0.410 e. The van der Waals surface area contributed by atoms with Gasteiger partial charge in [0.05, 0.1) is 0 Å². The van der Waals surface area contributed by atoms with Crippen LogP contribution in [0.5, 0.6) is 0 Å². The lowest BCUT2D eigenvalue weighted by molar-refractivity contribution is 0.0268. The molecule has 2 aliphatic heterocycles. The number of ether oxygens (including phenoxy) is 1. The molecule has 0 bridgehead atoms. The molecule has 1 amide bonds. The summed E-state index contributed by atoms with van der Waals surface area (Å²) >= 11 is 0. The van der Waals surface area contributed by atoms with E-state index in [0.29, 0.717) is 6.04 Å². The Kier molecular flexibility index (Phi) is 3.10. The number of rotatable bonds is 1. The lowest BCUT2D eigenvalue weighted by Crippen LogP contribution is -2.47. The Labute approximate surface area is 97.5 Å². The molecule has 0 aliphatic carbocycles. The van der Waals surface area contributed by atoms with Crippen LogP contribution < -0.4 is 0 Å². The second-order valence-corrected chi connectivity index (χ2v) is 5.76. The monoisotopic (exact) mass is 226 g/mol. The minimum absolute atomic E-state index is 0.157.